The van der Waals surface area contributed by atoms with E-state index in [1.807, 2.05) is 13.8 Å². The number of methoxy groups -OCH3 is 1. The van der Waals surface area contributed by atoms with Crippen LogP contribution in [0.2, 0.25) is 0 Å². The number of amides is 2. The number of sulfonamides is 1. The Morgan fingerprint density at radius 1 is 1.00 bits per heavy atom. The highest BCUT2D eigenvalue weighted by molar-refractivity contribution is 7.89. The maximum atomic E-state index is 12.8. The average molecular weight is 478 g/mol. The van der Waals surface area contributed by atoms with E-state index in [-0.39, 0.29) is 4.90 Å². The summed E-state index contributed by atoms with van der Waals surface area (Å²) in [5.74, 6) is -0.174. The summed E-state index contributed by atoms with van der Waals surface area (Å²) in [6.07, 6.45) is -0.677. The van der Waals surface area contributed by atoms with E-state index < -0.39 is 34.2 Å². The van der Waals surface area contributed by atoms with Gasteiger partial charge in [-0.15, -0.1) is 0 Å². The zero-order chi connectivity index (χ0) is 25.0. The van der Waals surface area contributed by atoms with Crippen LogP contribution in [0.1, 0.15) is 31.9 Å². The molecule has 2 aromatic rings. The van der Waals surface area contributed by atoms with Crippen molar-refractivity contribution in [1.82, 2.24) is 4.31 Å². The number of anilines is 2. The highest BCUT2D eigenvalue weighted by Gasteiger charge is 2.24. The van der Waals surface area contributed by atoms with Gasteiger partial charge in [0.05, 0.1) is 24.2 Å². The molecule has 0 spiro atoms. The van der Waals surface area contributed by atoms with Gasteiger partial charge in [0.2, 0.25) is 15.9 Å². The number of hydrogen-bond donors (Lipinski definition) is 2. The monoisotopic (exact) mass is 477 g/mol. The van der Waals surface area contributed by atoms with Crippen LogP contribution in [0, 0.1) is 13.8 Å². The third kappa shape index (κ3) is 7.19. The van der Waals surface area contributed by atoms with Crippen molar-refractivity contribution in [2.75, 3.05) is 31.3 Å². The lowest BCUT2D eigenvalue weighted by molar-refractivity contribution is -0.116. The molecule has 0 saturated carbocycles. The summed E-state index contributed by atoms with van der Waals surface area (Å²) in [4.78, 5) is 24.8. The van der Waals surface area contributed by atoms with Gasteiger partial charge >= 0.3 is 6.09 Å². The van der Waals surface area contributed by atoms with E-state index in [0.717, 1.165) is 15.4 Å². The topological polar surface area (TPSA) is 114 Å². The van der Waals surface area contributed by atoms with Gasteiger partial charge in [0, 0.05) is 12.7 Å². The van der Waals surface area contributed by atoms with E-state index in [1.54, 1.807) is 45.0 Å². The zero-order valence-electron chi connectivity index (χ0n) is 20.0. The minimum atomic E-state index is -3.84. The van der Waals surface area contributed by atoms with Crippen LogP contribution in [0.4, 0.5) is 16.2 Å². The Hall–Kier alpha value is -3.11. The summed E-state index contributed by atoms with van der Waals surface area (Å²) in [5.41, 5.74) is 1.78. The first kappa shape index (κ1) is 26.1. The predicted molar refractivity (Wildman–Crippen MR) is 127 cm³/mol. The van der Waals surface area contributed by atoms with E-state index in [2.05, 4.69) is 10.6 Å². The maximum absolute atomic E-state index is 12.8. The average Bonchev–Trinajstić information content (AvgIpc) is 2.68. The van der Waals surface area contributed by atoms with Gasteiger partial charge in [-0.05, 0) is 76.1 Å². The fourth-order valence-corrected chi connectivity index (χ4v) is 4.05. The summed E-state index contributed by atoms with van der Waals surface area (Å²) in [7, 11) is -1.05. The van der Waals surface area contributed by atoms with Crippen molar-refractivity contribution in [1.29, 1.82) is 0 Å². The molecule has 10 heteroatoms. The second-order valence-electron chi connectivity index (χ2n) is 8.60. The zero-order valence-corrected chi connectivity index (χ0v) is 20.8. The van der Waals surface area contributed by atoms with Crippen molar-refractivity contribution in [3.05, 3.63) is 47.5 Å². The Morgan fingerprint density at radius 3 is 2.24 bits per heavy atom. The summed E-state index contributed by atoms with van der Waals surface area (Å²) in [5, 5.41) is 5.22. The normalized spacial score (nSPS) is 11.8. The third-order valence-electron chi connectivity index (χ3n) is 4.67. The number of carbonyl (C=O) groups excluding carboxylic acids is 2. The van der Waals surface area contributed by atoms with Gasteiger partial charge in [-0.3, -0.25) is 10.1 Å². The SMILES string of the molecule is COc1ccc(NC(=O)CN(C)S(=O)(=O)c2ccc(C)c(C)c2)cc1NC(=O)OC(C)(C)C. The fraction of sp³-hybridized carbons (Fsp3) is 0.391. The van der Waals surface area contributed by atoms with E-state index in [4.69, 9.17) is 9.47 Å². The van der Waals surface area contributed by atoms with Crippen molar-refractivity contribution in [2.24, 2.45) is 0 Å². The highest BCUT2D eigenvalue weighted by Crippen LogP contribution is 2.28. The van der Waals surface area contributed by atoms with Crippen LogP contribution < -0.4 is 15.4 Å². The van der Waals surface area contributed by atoms with Crippen molar-refractivity contribution in [2.45, 2.75) is 45.1 Å². The number of carbonyl (C=O) groups is 2. The second-order valence-corrected chi connectivity index (χ2v) is 10.6. The van der Waals surface area contributed by atoms with Crippen LogP contribution in [0.25, 0.3) is 0 Å². The van der Waals surface area contributed by atoms with Gasteiger partial charge in [-0.25, -0.2) is 13.2 Å². The molecule has 2 N–H and O–H groups in total. The molecule has 0 atom stereocenters. The first-order valence-corrected chi connectivity index (χ1v) is 11.7. The molecule has 0 aromatic heterocycles. The Bertz CT molecular complexity index is 1140. The Kier molecular flexibility index (Phi) is 8.10. The van der Waals surface area contributed by atoms with Gasteiger partial charge < -0.3 is 14.8 Å². The third-order valence-corrected chi connectivity index (χ3v) is 6.47. The smallest absolute Gasteiger partial charge is 0.412 e. The summed E-state index contributed by atoms with van der Waals surface area (Å²) >= 11 is 0. The fourth-order valence-electron chi connectivity index (χ4n) is 2.84. The molecule has 0 aliphatic heterocycles. The molecule has 0 fully saturated rings. The van der Waals surface area contributed by atoms with Gasteiger partial charge in [-0.1, -0.05) is 6.07 Å². The molecular weight excluding hydrogens is 446 g/mol. The van der Waals surface area contributed by atoms with Crippen LogP contribution in [-0.2, 0) is 19.6 Å². The Balaban J connectivity index is 2.12. The molecule has 0 radical (unpaired) electrons. The van der Waals surface area contributed by atoms with Gasteiger partial charge in [-0.2, -0.15) is 4.31 Å². The first-order valence-electron chi connectivity index (χ1n) is 10.2. The standard InChI is InChI=1S/C23H31N3O6S/c1-15-8-10-18(12-16(15)2)33(29,30)26(6)14-21(27)24-17-9-11-20(31-7)19(13-17)25-22(28)32-23(3,4)5/h8-13H,14H2,1-7H3,(H,24,27)(H,25,28). The van der Waals surface area contributed by atoms with Crippen molar-refractivity contribution < 1.29 is 27.5 Å². The number of ether oxygens (including phenoxy) is 2. The number of nitrogens with zero attached hydrogens (tertiary/aromatic N) is 1. The van der Waals surface area contributed by atoms with Gasteiger partial charge in [0.15, 0.2) is 0 Å². The molecule has 180 valence electrons. The number of benzene rings is 2. The van der Waals surface area contributed by atoms with Crippen molar-refractivity contribution in [3.8, 4) is 5.75 Å². The molecule has 2 rings (SSSR count). The largest absolute Gasteiger partial charge is 0.495 e. The first-order chi connectivity index (χ1) is 15.2. The van der Waals surface area contributed by atoms with Crippen LogP contribution in [0.3, 0.4) is 0 Å². The molecule has 0 aliphatic carbocycles. The molecule has 33 heavy (non-hydrogen) atoms. The quantitative estimate of drug-likeness (QED) is 0.625. The van der Waals surface area contributed by atoms with Crippen LogP contribution in [0.5, 0.6) is 5.75 Å². The lowest BCUT2D eigenvalue weighted by atomic mass is 10.1. The van der Waals surface area contributed by atoms with E-state index in [0.29, 0.717) is 17.1 Å². The number of aryl methyl sites for hydroxylation is 2. The lowest BCUT2D eigenvalue weighted by Gasteiger charge is -2.21. The van der Waals surface area contributed by atoms with Crippen LogP contribution in [-0.4, -0.2) is 51.0 Å². The van der Waals surface area contributed by atoms with E-state index >= 15 is 0 Å². The molecule has 0 unspecified atom stereocenters. The molecule has 2 aromatic carbocycles. The van der Waals surface area contributed by atoms with Crippen LogP contribution in [0.15, 0.2) is 41.3 Å². The molecular formula is C23H31N3O6S. The predicted octanol–water partition coefficient (Wildman–Crippen LogP) is 3.92. The van der Waals surface area contributed by atoms with Crippen molar-refractivity contribution in [3.63, 3.8) is 0 Å². The number of nitrogens with one attached hydrogen (secondary N) is 2. The molecule has 0 saturated heterocycles. The minimum Gasteiger partial charge on any atom is -0.495 e. The summed E-state index contributed by atoms with van der Waals surface area (Å²) < 4.78 is 37.1. The number of likely N-dealkylation sites (N-methyl/N-ethyl adjacent to an activating group) is 1. The van der Waals surface area contributed by atoms with Gasteiger partial charge in [0.25, 0.3) is 0 Å². The van der Waals surface area contributed by atoms with Gasteiger partial charge in [0.1, 0.15) is 11.4 Å². The number of rotatable bonds is 7. The Labute approximate surface area is 195 Å². The summed E-state index contributed by atoms with van der Waals surface area (Å²) in [6, 6.07) is 9.47. The van der Waals surface area contributed by atoms with E-state index in [1.165, 1.54) is 26.3 Å². The molecule has 2 amide bonds. The lowest BCUT2D eigenvalue weighted by Crippen LogP contribution is -2.35. The maximum Gasteiger partial charge on any atom is 0.412 e. The summed E-state index contributed by atoms with van der Waals surface area (Å²) in [6.45, 7) is 8.54. The minimum absolute atomic E-state index is 0.120. The molecule has 0 heterocycles. The molecule has 0 aliphatic rings. The Morgan fingerprint density at radius 2 is 1.67 bits per heavy atom. The number of hydrogen-bond acceptors (Lipinski definition) is 6. The van der Waals surface area contributed by atoms with Crippen LogP contribution >= 0.6 is 0 Å². The van der Waals surface area contributed by atoms with E-state index in [9.17, 15) is 18.0 Å². The van der Waals surface area contributed by atoms with Crippen molar-refractivity contribution >= 4 is 33.4 Å². The molecule has 0 bridgehead atoms. The second kappa shape index (κ2) is 10.2. The molecule has 9 nitrogen and oxygen atoms in total. The highest BCUT2D eigenvalue weighted by atomic mass is 32.2.